The Morgan fingerprint density at radius 2 is 1.76 bits per heavy atom. The SMILES string of the molecule is C=CCc1cc(CC)c(NC(=O)c2c(CCCC)oc(C)c(C)c2=O)c(CC)c1. The molecule has 0 aliphatic rings. The van der Waals surface area contributed by atoms with Crippen molar-refractivity contribution < 1.29 is 9.21 Å². The minimum absolute atomic E-state index is 0.140. The van der Waals surface area contributed by atoms with Crippen LogP contribution in [0.1, 0.15) is 77.7 Å². The number of benzene rings is 1. The molecule has 1 aromatic carbocycles. The molecule has 0 spiro atoms. The summed E-state index contributed by atoms with van der Waals surface area (Å²) in [6, 6.07) is 4.22. The van der Waals surface area contributed by atoms with Crippen LogP contribution in [0.2, 0.25) is 0 Å². The molecule has 0 bridgehead atoms. The monoisotopic (exact) mass is 395 g/mol. The van der Waals surface area contributed by atoms with Crippen LogP contribution < -0.4 is 10.7 Å². The molecule has 1 amide bonds. The van der Waals surface area contributed by atoms with Gasteiger partial charge in [0.15, 0.2) is 0 Å². The van der Waals surface area contributed by atoms with E-state index in [4.69, 9.17) is 4.42 Å². The maximum absolute atomic E-state index is 13.2. The molecule has 2 aromatic rings. The van der Waals surface area contributed by atoms with Gasteiger partial charge in [0, 0.05) is 17.7 Å². The summed E-state index contributed by atoms with van der Waals surface area (Å²) in [6.07, 6.45) is 6.65. The van der Waals surface area contributed by atoms with Crippen LogP contribution in [0, 0.1) is 13.8 Å². The van der Waals surface area contributed by atoms with Crippen LogP contribution in [0.5, 0.6) is 0 Å². The van der Waals surface area contributed by atoms with E-state index in [9.17, 15) is 9.59 Å². The highest BCUT2D eigenvalue weighted by Crippen LogP contribution is 2.26. The van der Waals surface area contributed by atoms with Crippen molar-refractivity contribution in [2.24, 2.45) is 0 Å². The van der Waals surface area contributed by atoms with Crippen LogP contribution in [-0.4, -0.2) is 5.91 Å². The van der Waals surface area contributed by atoms with Crippen molar-refractivity contribution >= 4 is 11.6 Å². The Balaban J connectivity index is 2.53. The van der Waals surface area contributed by atoms with E-state index in [-0.39, 0.29) is 16.9 Å². The van der Waals surface area contributed by atoms with Crippen LogP contribution in [-0.2, 0) is 25.7 Å². The van der Waals surface area contributed by atoms with Crippen molar-refractivity contribution in [2.45, 2.75) is 73.1 Å². The molecule has 0 saturated carbocycles. The summed E-state index contributed by atoms with van der Waals surface area (Å²) in [4.78, 5) is 26.2. The number of rotatable bonds is 9. The third kappa shape index (κ3) is 5.06. The first-order valence-electron chi connectivity index (χ1n) is 10.6. The number of carbonyl (C=O) groups excluding carboxylic acids is 1. The molecular formula is C25H33NO3. The number of allylic oxidation sites excluding steroid dienone is 1. The Morgan fingerprint density at radius 3 is 2.28 bits per heavy atom. The minimum atomic E-state index is -0.381. The third-order valence-electron chi connectivity index (χ3n) is 5.38. The fourth-order valence-corrected chi connectivity index (χ4v) is 3.55. The lowest BCUT2D eigenvalue weighted by Gasteiger charge is -2.17. The highest BCUT2D eigenvalue weighted by molar-refractivity contribution is 6.05. The van der Waals surface area contributed by atoms with Gasteiger partial charge in [-0.05, 0) is 56.2 Å². The molecule has 1 aromatic heterocycles. The Labute approximate surface area is 174 Å². The van der Waals surface area contributed by atoms with Gasteiger partial charge in [-0.25, -0.2) is 0 Å². The molecule has 0 fully saturated rings. The number of hydrogen-bond acceptors (Lipinski definition) is 3. The van der Waals surface area contributed by atoms with E-state index in [1.165, 1.54) is 5.56 Å². The summed E-state index contributed by atoms with van der Waals surface area (Å²) in [5, 5.41) is 3.05. The molecule has 1 heterocycles. The number of unbranched alkanes of at least 4 members (excludes halogenated alkanes) is 1. The number of anilines is 1. The third-order valence-corrected chi connectivity index (χ3v) is 5.38. The normalized spacial score (nSPS) is 10.8. The first-order valence-corrected chi connectivity index (χ1v) is 10.6. The van der Waals surface area contributed by atoms with E-state index >= 15 is 0 Å². The van der Waals surface area contributed by atoms with Gasteiger partial charge in [0.05, 0.1) is 0 Å². The number of nitrogens with one attached hydrogen (secondary N) is 1. The Kier molecular flexibility index (Phi) is 8.00. The number of amides is 1. The van der Waals surface area contributed by atoms with Gasteiger partial charge in [0.25, 0.3) is 5.91 Å². The Hall–Kier alpha value is -2.62. The molecule has 0 aliphatic heterocycles. The molecule has 0 saturated heterocycles. The average molecular weight is 396 g/mol. The zero-order valence-corrected chi connectivity index (χ0v) is 18.4. The van der Waals surface area contributed by atoms with Crippen LogP contribution in [0.25, 0.3) is 0 Å². The van der Waals surface area contributed by atoms with Gasteiger partial charge in [-0.2, -0.15) is 0 Å². The van der Waals surface area contributed by atoms with E-state index in [1.54, 1.807) is 13.8 Å². The fraction of sp³-hybridized carbons (Fsp3) is 0.440. The summed E-state index contributed by atoms with van der Waals surface area (Å²) in [6.45, 7) is 13.5. The predicted octanol–water partition coefficient (Wildman–Crippen LogP) is 5.70. The maximum Gasteiger partial charge on any atom is 0.263 e. The maximum atomic E-state index is 13.2. The lowest BCUT2D eigenvalue weighted by molar-refractivity contribution is 0.102. The molecule has 0 unspecified atom stereocenters. The highest BCUT2D eigenvalue weighted by atomic mass is 16.3. The van der Waals surface area contributed by atoms with Gasteiger partial charge in [-0.3, -0.25) is 9.59 Å². The molecule has 0 atom stereocenters. The van der Waals surface area contributed by atoms with Crippen molar-refractivity contribution in [3.63, 3.8) is 0 Å². The quantitative estimate of drug-likeness (QED) is 0.554. The topological polar surface area (TPSA) is 59.3 Å². The number of hydrogen-bond donors (Lipinski definition) is 1. The zero-order valence-electron chi connectivity index (χ0n) is 18.4. The van der Waals surface area contributed by atoms with Crippen LogP contribution in [0.4, 0.5) is 5.69 Å². The summed E-state index contributed by atoms with van der Waals surface area (Å²) in [5.74, 6) is 0.681. The van der Waals surface area contributed by atoms with Crippen molar-refractivity contribution in [1.29, 1.82) is 0 Å². The average Bonchev–Trinajstić information content (AvgIpc) is 2.71. The molecule has 156 valence electrons. The highest BCUT2D eigenvalue weighted by Gasteiger charge is 2.22. The smallest absolute Gasteiger partial charge is 0.263 e. The van der Waals surface area contributed by atoms with Gasteiger partial charge in [0.2, 0.25) is 5.43 Å². The van der Waals surface area contributed by atoms with Gasteiger partial charge in [0.1, 0.15) is 17.1 Å². The summed E-state index contributed by atoms with van der Waals surface area (Å²) < 4.78 is 5.87. The standard InChI is InChI=1S/C25H33NO3/c1-7-11-13-21-22(24(27)16(5)17(6)29-21)25(28)26-23-19(9-3)14-18(12-8-2)15-20(23)10-4/h8,14-15H,2,7,9-13H2,1,3-6H3,(H,26,28). The van der Waals surface area contributed by atoms with Gasteiger partial charge >= 0.3 is 0 Å². The summed E-state index contributed by atoms with van der Waals surface area (Å²) in [5.41, 5.74) is 4.52. The first kappa shape index (κ1) is 22.7. The number of carbonyl (C=O) groups is 1. The molecular weight excluding hydrogens is 362 g/mol. The largest absolute Gasteiger partial charge is 0.465 e. The summed E-state index contributed by atoms with van der Waals surface area (Å²) >= 11 is 0. The van der Waals surface area contributed by atoms with E-state index in [0.29, 0.717) is 23.5 Å². The fourth-order valence-electron chi connectivity index (χ4n) is 3.55. The molecule has 0 aliphatic carbocycles. The zero-order chi connectivity index (χ0) is 21.6. The molecule has 2 rings (SSSR count). The van der Waals surface area contributed by atoms with E-state index in [0.717, 1.165) is 48.9 Å². The molecule has 4 heteroatoms. The lowest BCUT2D eigenvalue weighted by Crippen LogP contribution is -2.27. The Morgan fingerprint density at radius 1 is 1.14 bits per heavy atom. The molecule has 0 radical (unpaired) electrons. The second-order valence-corrected chi connectivity index (χ2v) is 7.46. The molecule has 4 nitrogen and oxygen atoms in total. The van der Waals surface area contributed by atoms with Crippen LogP contribution in [0.15, 0.2) is 34.0 Å². The second kappa shape index (κ2) is 10.2. The number of aryl methyl sites for hydroxylation is 4. The van der Waals surface area contributed by atoms with E-state index in [2.05, 4.69) is 44.8 Å². The predicted molar refractivity (Wildman–Crippen MR) is 120 cm³/mol. The van der Waals surface area contributed by atoms with Gasteiger partial charge in [-0.1, -0.05) is 45.4 Å². The van der Waals surface area contributed by atoms with Gasteiger partial charge in [-0.15, -0.1) is 6.58 Å². The molecule has 29 heavy (non-hydrogen) atoms. The minimum Gasteiger partial charge on any atom is -0.465 e. The first-order chi connectivity index (χ1) is 13.9. The van der Waals surface area contributed by atoms with E-state index in [1.807, 2.05) is 6.08 Å². The second-order valence-electron chi connectivity index (χ2n) is 7.46. The van der Waals surface area contributed by atoms with Crippen molar-refractivity contribution in [3.05, 3.63) is 74.3 Å². The van der Waals surface area contributed by atoms with Crippen molar-refractivity contribution in [3.8, 4) is 0 Å². The molecule has 1 N–H and O–H groups in total. The van der Waals surface area contributed by atoms with Crippen LogP contribution >= 0.6 is 0 Å². The Bertz CT molecular complexity index is 928. The summed E-state index contributed by atoms with van der Waals surface area (Å²) in [7, 11) is 0. The lowest BCUT2D eigenvalue weighted by atomic mass is 9.97. The van der Waals surface area contributed by atoms with Crippen molar-refractivity contribution in [2.75, 3.05) is 5.32 Å². The van der Waals surface area contributed by atoms with Gasteiger partial charge < -0.3 is 9.73 Å². The van der Waals surface area contributed by atoms with E-state index < -0.39 is 0 Å². The van der Waals surface area contributed by atoms with Crippen molar-refractivity contribution in [1.82, 2.24) is 0 Å². The van der Waals surface area contributed by atoms with Crippen LogP contribution in [0.3, 0.4) is 0 Å².